The van der Waals surface area contributed by atoms with Crippen molar-refractivity contribution in [3.63, 3.8) is 0 Å². The maximum Gasteiger partial charge on any atom is 0.164 e. The number of hydrogen-bond donors (Lipinski definition) is 0. The summed E-state index contributed by atoms with van der Waals surface area (Å²) in [5.74, 6) is 5.50. The van der Waals surface area contributed by atoms with E-state index in [4.69, 9.17) is 58.7 Å². The highest BCUT2D eigenvalue weighted by Gasteiger charge is 2.44. The van der Waals surface area contributed by atoms with Crippen LogP contribution in [0.4, 0.5) is 0 Å². The van der Waals surface area contributed by atoms with Crippen molar-refractivity contribution in [2.45, 2.75) is 23.7 Å². The van der Waals surface area contributed by atoms with E-state index in [9.17, 15) is 0 Å². The van der Waals surface area contributed by atoms with Crippen molar-refractivity contribution < 1.29 is 8.83 Å². The molecule has 124 heavy (non-hydrogen) atoms. The molecule has 4 unspecified atom stereocenters. The summed E-state index contributed by atoms with van der Waals surface area (Å²) >= 11 is 0. The molecule has 0 fully saturated rings. The molecule has 0 saturated heterocycles. The van der Waals surface area contributed by atoms with Crippen molar-refractivity contribution in [3.05, 3.63) is 468 Å². The van der Waals surface area contributed by atoms with E-state index in [0.717, 1.165) is 123 Å². The van der Waals surface area contributed by atoms with Crippen LogP contribution >= 0.6 is 0 Å². The van der Waals surface area contributed by atoms with Crippen LogP contribution in [0.2, 0.25) is 0 Å². The molecule has 27 rings (SSSR count). The molecule has 6 aliphatic carbocycles. The molecule has 6 aromatic heterocycles. The van der Waals surface area contributed by atoms with Crippen molar-refractivity contribution in [1.29, 1.82) is 0 Å². The zero-order valence-corrected chi connectivity index (χ0v) is 66.7. The second kappa shape index (κ2) is 29.8. The molecule has 4 bridgehead atoms. The summed E-state index contributed by atoms with van der Waals surface area (Å²) in [4.78, 5) is 50.9. The van der Waals surface area contributed by atoms with Gasteiger partial charge < -0.3 is 8.83 Å². The van der Waals surface area contributed by atoms with Gasteiger partial charge in [-0.25, -0.2) is 49.8 Å². The number of fused-ring (bicyclic) bond motifs is 2. The predicted octanol–water partition coefficient (Wildman–Crippen LogP) is 26.5. The van der Waals surface area contributed by atoms with Crippen LogP contribution < -0.4 is 0 Å². The Morgan fingerprint density at radius 1 is 0.153 bits per heavy atom. The fourth-order valence-electron chi connectivity index (χ4n) is 19.0. The van der Waals surface area contributed by atoms with Crippen LogP contribution in [0.25, 0.3) is 169 Å². The van der Waals surface area contributed by atoms with Gasteiger partial charge in [-0.15, -0.1) is 0 Å². The summed E-state index contributed by atoms with van der Waals surface area (Å²) in [5, 5.41) is 2.12. The first-order valence-corrected chi connectivity index (χ1v) is 41.8. The number of aromatic nitrogens is 10. The molecule has 4 atom stereocenters. The molecule has 0 aliphatic heterocycles. The zero-order chi connectivity index (χ0) is 81.7. The van der Waals surface area contributed by atoms with Gasteiger partial charge >= 0.3 is 0 Å². The van der Waals surface area contributed by atoms with Gasteiger partial charge in [0.1, 0.15) is 17.4 Å². The van der Waals surface area contributed by atoms with Crippen LogP contribution in [0.5, 0.6) is 0 Å². The standard InChI is InChI=1S/C59H37N5O.C53H33N5O/c1-4-14-38(15-5-1)56-60-51(37-26-24-36(25-27-37)50-35-65-53-23-13-12-20-43(50)53)34-52(61-56)41-28-30-46-48(32-41)54-44-21-10-11-22-45(44)55(46)49-33-42(29-31-47(49)54)59-63-57(39-16-6-2-7-17-39)62-58(64-59)40-18-8-3-9-19-40;1-4-14-32(15-5-1)50-54-45(30-46(55-50)44-31-59-47-23-13-12-20-37(44)47)35-24-26-40-42(28-35)48-38-21-10-11-22-39(38)49(40)43-29-36(25-27-41(43)48)53-57-51(33-16-6-2-7-17-33)56-52(58-53)34-18-8-3-9-19-34/h1-35,54-55H;1-31,48-49H. The van der Waals surface area contributed by atoms with E-state index >= 15 is 0 Å². The normalized spacial score (nSPS) is 14.6. The zero-order valence-electron chi connectivity index (χ0n) is 66.7. The van der Waals surface area contributed by atoms with E-state index in [1.165, 1.54) is 66.8 Å². The maximum atomic E-state index is 5.99. The van der Waals surface area contributed by atoms with E-state index in [2.05, 4.69) is 194 Å². The summed E-state index contributed by atoms with van der Waals surface area (Å²) in [6.07, 6.45) is 3.65. The second-order valence-corrected chi connectivity index (χ2v) is 32.0. The Hall–Kier alpha value is -16.4. The minimum Gasteiger partial charge on any atom is -0.464 e. The van der Waals surface area contributed by atoms with E-state index in [0.29, 0.717) is 46.6 Å². The molecule has 0 saturated carbocycles. The van der Waals surface area contributed by atoms with Gasteiger partial charge in [-0.3, -0.25) is 0 Å². The Balaban J connectivity index is 0.000000140. The molecule has 0 radical (unpaired) electrons. The Labute approximate surface area is 714 Å². The van der Waals surface area contributed by atoms with Crippen molar-refractivity contribution in [2.75, 3.05) is 0 Å². The van der Waals surface area contributed by atoms with Gasteiger partial charge in [0, 0.05) is 107 Å². The van der Waals surface area contributed by atoms with Gasteiger partial charge in [-0.2, -0.15) is 0 Å². The van der Waals surface area contributed by atoms with Gasteiger partial charge in [-0.05, 0) is 121 Å². The molecule has 580 valence electrons. The fraction of sp³-hybridized carbons (Fsp3) is 0.0357. The molecule has 6 aliphatic rings. The van der Waals surface area contributed by atoms with Crippen LogP contribution in [-0.2, 0) is 0 Å². The van der Waals surface area contributed by atoms with Crippen LogP contribution in [-0.4, -0.2) is 49.8 Å². The Morgan fingerprint density at radius 2 is 0.387 bits per heavy atom. The van der Waals surface area contributed by atoms with E-state index < -0.39 is 0 Å². The van der Waals surface area contributed by atoms with Crippen LogP contribution in [0.3, 0.4) is 0 Å². The number of rotatable bonds is 13. The highest BCUT2D eigenvalue weighted by molar-refractivity contribution is 5.96. The molecule has 6 heterocycles. The number of hydrogen-bond acceptors (Lipinski definition) is 12. The maximum absolute atomic E-state index is 5.99. The van der Waals surface area contributed by atoms with Crippen molar-refractivity contribution in [2.24, 2.45) is 0 Å². The van der Waals surface area contributed by atoms with Crippen LogP contribution in [0, 0.1) is 0 Å². The van der Waals surface area contributed by atoms with Gasteiger partial charge in [0.25, 0.3) is 0 Å². The van der Waals surface area contributed by atoms with Gasteiger partial charge in [0.2, 0.25) is 0 Å². The number of nitrogens with zero attached hydrogens (tertiary/aromatic N) is 10. The lowest BCUT2D eigenvalue weighted by Crippen LogP contribution is -2.27. The average molecular weight is 1590 g/mol. The predicted molar refractivity (Wildman–Crippen MR) is 491 cm³/mol. The third-order valence-corrected chi connectivity index (χ3v) is 24.8. The lowest BCUT2D eigenvalue weighted by Gasteiger charge is -2.42. The van der Waals surface area contributed by atoms with Gasteiger partial charge in [-0.1, -0.05) is 340 Å². The summed E-state index contributed by atoms with van der Waals surface area (Å²) < 4.78 is 11.9. The van der Waals surface area contributed by atoms with Crippen LogP contribution in [0.1, 0.15) is 90.4 Å². The Morgan fingerprint density at radius 3 is 0.742 bits per heavy atom. The third kappa shape index (κ3) is 12.5. The number of para-hydroxylation sites is 2. The fourth-order valence-corrected chi connectivity index (χ4v) is 19.0. The Kier molecular flexibility index (Phi) is 17.2. The molecule has 0 N–H and O–H groups in total. The summed E-state index contributed by atoms with van der Waals surface area (Å²) in [6, 6.07) is 135. The van der Waals surface area contributed by atoms with Crippen molar-refractivity contribution in [3.8, 4) is 147 Å². The van der Waals surface area contributed by atoms with E-state index in [1.807, 2.05) is 200 Å². The Bertz CT molecular complexity index is 7640. The number of benzene rings is 15. The molecule has 15 aromatic carbocycles. The first-order valence-electron chi connectivity index (χ1n) is 41.8. The lowest BCUT2D eigenvalue weighted by molar-refractivity contribution is 0.616. The SMILES string of the molecule is c1ccc(-c2nc(-c3ccc(-c4coc5ccccc45)cc3)cc(-c3ccc4c(c3)C3c5ccccc5C4c4cc(-c5nc(-c6ccccc6)nc(-c6ccccc6)n5)ccc43)n2)cc1.c1ccc(-c2nc(-c3ccc4c(c3)C3c5ccccc5C4c4cc(-c5nc(-c6ccccc6)nc(-c6ccccc6)n5)ccc43)cc(-c3coc4ccccc34)n2)cc1. The van der Waals surface area contributed by atoms with Crippen molar-refractivity contribution >= 4 is 21.9 Å². The minimum absolute atomic E-state index is 0.0472. The second-order valence-electron chi connectivity index (χ2n) is 32.0. The molecular weight excluding hydrogens is 1520 g/mol. The highest BCUT2D eigenvalue weighted by Crippen LogP contribution is 2.59. The first-order chi connectivity index (χ1) is 61.4. The molecule has 12 heteroatoms. The minimum atomic E-state index is 0.0472. The van der Waals surface area contributed by atoms with Crippen molar-refractivity contribution in [1.82, 2.24) is 49.8 Å². The number of furan rings is 2. The molecule has 21 aromatic rings. The molecule has 12 nitrogen and oxygen atoms in total. The van der Waals surface area contributed by atoms with Gasteiger partial charge in [0.15, 0.2) is 46.6 Å². The summed E-state index contributed by atoms with van der Waals surface area (Å²) in [6.45, 7) is 0. The molecule has 0 spiro atoms. The average Bonchev–Trinajstić information content (AvgIpc) is 0.760. The van der Waals surface area contributed by atoms with E-state index in [-0.39, 0.29) is 23.7 Å². The highest BCUT2D eigenvalue weighted by atomic mass is 16.3. The lowest BCUT2D eigenvalue weighted by atomic mass is 9.60. The van der Waals surface area contributed by atoms with E-state index in [1.54, 1.807) is 6.26 Å². The first kappa shape index (κ1) is 71.7. The monoisotopic (exact) mass is 1590 g/mol. The third-order valence-electron chi connectivity index (χ3n) is 24.8. The summed E-state index contributed by atoms with van der Waals surface area (Å²) in [7, 11) is 0. The van der Waals surface area contributed by atoms with Crippen LogP contribution in [0.15, 0.2) is 410 Å². The van der Waals surface area contributed by atoms with Gasteiger partial charge in [0.05, 0.1) is 29.0 Å². The largest absolute Gasteiger partial charge is 0.464 e. The summed E-state index contributed by atoms with van der Waals surface area (Å²) in [5.41, 5.74) is 34.9. The molecule has 0 amide bonds. The molecular formula is C112H70N10O2. The quantitative estimate of drug-likeness (QED) is 0.108. The topological polar surface area (TPSA) is 155 Å². The smallest absolute Gasteiger partial charge is 0.164 e.